The highest BCUT2D eigenvalue weighted by molar-refractivity contribution is 9.10. The minimum Gasteiger partial charge on any atom is -0.310 e. The molecule has 196 valence electrons. The molecule has 0 atom stereocenters. The third-order valence-corrected chi connectivity index (χ3v) is 10.4. The van der Waals surface area contributed by atoms with Gasteiger partial charge < -0.3 is 4.90 Å². The molecule has 0 spiro atoms. The summed E-state index contributed by atoms with van der Waals surface area (Å²) in [6.07, 6.45) is 0. The maximum atomic E-state index is 9.39. The Morgan fingerprint density at radius 3 is 1.63 bits per heavy atom. The van der Waals surface area contributed by atoms with Crippen LogP contribution in [0.4, 0.5) is 17.1 Å². The van der Waals surface area contributed by atoms with Gasteiger partial charge in [0, 0.05) is 26.0 Å². The summed E-state index contributed by atoms with van der Waals surface area (Å²) < 4.78 is 29.6. The van der Waals surface area contributed by atoms with Crippen molar-refractivity contribution in [2.24, 2.45) is 5.41 Å². The Balaban J connectivity index is 1.69. The second-order valence-electron chi connectivity index (χ2n) is 12.1. The molecule has 3 heteroatoms. The van der Waals surface area contributed by atoms with Crippen molar-refractivity contribution in [1.82, 2.24) is 0 Å². The van der Waals surface area contributed by atoms with Crippen molar-refractivity contribution < 1.29 is 4.11 Å². The van der Waals surface area contributed by atoms with Crippen LogP contribution in [0.3, 0.4) is 0 Å². The first-order valence-electron chi connectivity index (χ1n) is 14.6. The van der Waals surface area contributed by atoms with Crippen LogP contribution in [-0.2, 0) is 10.8 Å². The van der Waals surface area contributed by atoms with Gasteiger partial charge in [-0.3, -0.25) is 0 Å². The lowest BCUT2D eigenvalue weighted by Crippen LogP contribution is -2.42. The van der Waals surface area contributed by atoms with E-state index in [1.54, 1.807) is 0 Å². The Hall–Kier alpha value is -2.36. The second kappa shape index (κ2) is 9.38. The normalized spacial score (nSPS) is 17.9. The maximum absolute atomic E-state index is 9.39. The van der Waals surface area contributed by atoms with Crippen LogP contribution < -0.4 is 4.90 Å². The van der Waals surface area contributed by atoms with Crippen molar-refractivity contribution in [3.05, 3.63) is 110 Å². The number of aryl methyl sites for hydroxylation is 2. The molecule has 38 heavy (non-hydrogen) atoms. The molecule has 0 N–H and O–H groups in total. The van der Waals surface area contributed by atoms with Crippen LogP contribution in [0, 0.1) is 19.3 Å². The first kappa shape index (κ1) is 23.5. The third kappa shape index (κ3) is 4.18. The Labute approximate surface area is 249 Å². The van der Waals surface area contributed by atoms with Crippen molar-refractivity contribution in [2.45, 2.75) is 66.2 Å². The third-order valence-electron chi connectivity index (χ3n) is 9.40. The van der Waals surface area contributed by atoms with Crippen molar-refractivity contribution >= 4 is 48.9 Å². The fourth-order valence-electron chi connectivity index (χ4n) is 5.82. The van der Waals surface area contributed by atoms with E-state index >= 15 is 0 Å². The number of nitrogens with zero attached hydrogens (tertiary/aromatic N) is 1. The van der Waals surface area contributed by atoms with Gasteiger partial charge in [-0.2, -0.15) is 0 Å². The lowest BCUT2D eigenvalue weighted by Gasteiger charge is -2.44. The lowest BCUT2D eigenvalue weighted by atomic mass is 9.59. The van der Waals surface area contributed by atoms with Crippen LogP contribution in [0.15, 0.2) is 87.7 Å². The van der Waals surface area contributed by atoms with Gasteiger partial charge >= 0.3 is 0 Å². The predicted molar refractivity (Wildman–Crippen MR) is 171 cm³/mol. The van der Waals surface area contributed by atoms with Crippen LogP contribution in [0.5, 0.6) is 0 Å². The van der Waals surface area contributed by atoms with Crippen LogP contribution in [0.1, 0.15) is 67.9 Å². The van der Waals surface area contributed by atoms with Gasteiger partial charge in [0.2, 0.25) is 0 Å². The van der Waals surface area contributed by atoms with E-state index in [-0.39, 0.29) is 28.3 Å². The predicted octanol–water partition coefficient (Wildman–Crippen LogP) is 11.6. The van der Waals surface area contributed by atoms with E-state index in [1.165, 1.54) is 0 Å². The highest BCUT2D eigenvalue weighted by atomic mass is 79.9. The molecule has 0 aliphatic heterocycles. The summed E-state index contributed by atoms with van der Waals surface area (Å²) >= 11 is 7.21. The second-order valence-corrected chi connectivity index (χ2v) is 14.0. The van der Waals surface area contributed by atoms with Crippen molar-refractivity contribution in [3.8, 4) is 11.1 Å². The van der Waals surface area contributed by atoms with E-state index in [9.17, 15) is 1.37 Å². The molecule has 4 aromatic rings. The number of benzene rings is 4. The molecule has 1 nitrogen and oxygen atoms in total. The summed E-state index contributed by atoms with van der Waals surface area (Å²) in [5, 5.41) is 0. The zero-order valence-electron chi connectivity index (χ0n) is 26.5. The SMILES string of the molecule is [2H]c1c([2H])c2c(c([2H])c1-c1ccc(N(c3ccc(Br)cc3C)c3ccc(Br)cc3C)cc1)C(C)(C)C(C)(C)C2(C)C. The van der Waals surface area contributed by atoms with Gasteiger partial charge in [0.25, 0.3) is 0 Å². The van der Waals surface area contributed by atoms with Gasteiger partial charge in [-0.05, 0) is 112 Å². The van der Waals surface area contributed by atoms with E-state index in [2.05, 4.69) is 141 Å². The van der Waals surface area contributed by atoms with E-state index in [4.69, 9.17) is 2.74 Å². The Kier molecular flexibility index (Phi) is 5.81. The maximum Gasteiger partial charge on any atom is 0.0632 e. The number of hydrogen-bond acceptors (Lipinski definition) is 1. The molecular formula is C35H37Br2N. The molecule has 0 unspecified atom stereocenters. The number of halogens is 2. The molecule has 0 amide bonds. The standard InChI is InChI=1S/C35H37Br2N/c1-22-19-26(36)12-17-31(22)38(32-18-13-27(37)20-23(32)2)28-14-9-24(10-15-28)25-11-16-29-30(21-25)34(5,6)35(7,8)33(29,3)4/h9-21H,1-8H3/i11D,16D,21D. The first-order chi connectivity index (χ1) is 19.0. The summed E-state index contributed by atoms with van der Waals surface area (Å²) in [6, 6.07) is 21.5. The monoisotopic (exact) mass is 632 g/mol. The fraction of sp³-hybridized carbons (Fsp3) is 0.314. The Morgan fingerprint density at radius 2 is 1.13 bits per heavy atom. The molecule has 0 saturated carbocycles. The van der Waals surface area contributed by atoms with Crippen LogP contribution >= 0.6 is 31.9 Å². The molecule has 0 radical (unpaired) electrons. The largest absolute Gasteiger partial charge is 0.310 e. The highest BCUT2D eigenvalue weighted by Gasteiger charge is 2.56. The Bertz CT molecular complexity index is 1640. The molecule has 1 aliphatic rings. The molecule has 4 aromatic carbocycles. The average molecular weight is 635 g/mol. The molecule has 1 aliphatic carbocycles. The minimum absolute atomic E-state index is 0.132. The molecule has 0 aromatic heterocycles. The summed E-state index contributed by atoms with van der Waals surface area (Å²) in [5.74, 6) is 0. The molecule has 0 bridgehead atoms. The van der Waals surface area contributed by atoms with E-state index < -0.39 is 0 Å². The van der Waals surface area contributed by atoms with Crippen LogP contribution in [0.2, 0.25) is 0 Å². The average Bonchev–Trinajstić information content (AvgIpc) is 2.99. The highest BCUT2D eigenvalue weighted by Crippen LogP contribution is 2.61. The van der Waals surface area contributed by atoms with E-state index in [1.807, 2.05) is 12.1 Å². The van der Waals surface area contributed by atoms with E-state index in [0.717, 1.165) is 53.8 Å². The summed E-state index contributed by atoms with van der Waals surface area (Å²) in [6.45, 7) is 17.4. The van der Waals surface area contributed by atoms with Gasteiger partial charge in [-0.25, -0.2) is 0 Å². The molecular weight excluding hydrogens is 594 g/mol. The number of anilines is 3. The summed E-state index contributed by atoms with van der Waals surface area (Å²) in [5.41, 5.74) is 7.65. The molecule has 0 heterocycles. The first-order valence-corrected chi connectivity index (χ1v) is 14.7. The molecule has 0 fully saturated rings. The van der Waals surface area contributed by atoms with Gasteiger partial charge in [0.1, 0.15) is 0 Å². The lowest BCUT2D eigenvalue weighted by molar-refractivity contribution is 0.125. The van der Waals surface area contributed by atoms with Gasteiger partial charge in [0.15, 0.2) is 0 Å². The molecule has 0 saturated heterocycles. The van der Waals surface area contributed by atoms with Gasteiger partial charge in [-0.15, -0.1) is 0 Å². The van der Waals surface area contributed by atoms with Crippen LogP contribution in [0.25, 0.3) is 11.1 Å². The zero-order chi connectivity index (χ0) is 30.2. The molecule has 5 rings (SSSR count). The van der Waals surface area contributed by atoms with Crippen molar-refractivity contribution in [1.29, 1.82) is 0 Å². The van der Waals surface area contributed by atoms with Gasteiger partial charge in [0.05, 0.1) is 4.11 Å². The number of fused-ring (bicyclic) bond motifs is 1. The zero-order valence-corrected chi connectivity index (χ0v) is 26.6. The van der Waals surface area contributed by atoms with Crippen LogP contribution in [-0.4, -0.2) is 0 Å². The number of hydrogen-bond donors (Lipinski definition) is 0. The Morgan fingerprint density at radius 1 is 0.632 bits per heavy atom. The topological polar surface area (TPSA) is 3.24 Å². The minimum atomic E-state index is -0.331. The smallest absolute Gasteiger partial charge is 0.0632 e. The number of rotatable bonds is 4. The van der Waals surface area contributed by atoms with E-state index in [0.29, 0.717) is 11.6 Å². The van der Waals surface area contributed by atoms with Crippen molar-refractivity contribution in [3.63, 3.8) is 0 Å². The summed E-state index contributed by atoms with van der Waals surface area (Å²) in [4.78, 5) is 2.25. The quantitative estimate of drug-likeness (QED) is 0.216. The van der Waals surface area contributed by atoms with Gasteiger partial charge in [-0.1, -0.05) is 104 Å². The summed E-state index contributed by atoms with van der Waals surface area (Å²) in [7, 11) is 0. The van der Waals surface area contributed by atoms with Crippen molar-refractivity contribution in [2.75, 3.05) is 4.90 Å². The fourth-order valence-corrected chi connectivity index (χ4v) is 6.77.